The average Bonchev–Trinajstić information content (AvgIpc) is 2.74. The van der Waals surface area contributed by atoms with Crippen molar-refractivity contribution < 1.29 is 5.11 Å². The minimum absolute atomic E-state index is 0.427. The molecule has 1 atom stereocenters. The lowest BCUT2D eigenvalue weighted by atomic mass is 10.4. The van der Waals surface area contributed by atoms with Gasteiger partial charge in [-0.15, -0.1) is 0 Å². The van der Waals surface area contributed by atoms with Crippen LogP contribution in [0.5, 0.6) is 0 Å². The molecule has 7 heteroatoms. The van der Waals surface area contributed by atoms with Crippen LogP contribution in [0.1, 0.15) is 13.8 Å². The van der Waals surface area contributed by atoms with E-state index < -0.39 is 6.10 Å². The van der Waals surface area contributed by atoms with E-state index in [1.54, 1.807) is 13.3 Å². The van der Waals surface area contributed by atoms with Crippen molar-refractivity contribution in [2.75, 3.05) is 23.7 Å². The van der Waals surface area contributed by atoms with Gasteiger partial charge < -0.3 is 20.7 Å². The first kappa shape index (κ1) is 11.6. The zero-order chi connectivity index (χ0) is 12.3. The van der Waals surface area contributed by atoms with Crippen LogP contribution in [-0.4, -0.2) is 44.2 Å². The first-order chi connectivity index (χ1) is 8.20. The van der Waals surface area contributed by atoms with E-state index in [4.69, 9.17) is 0 Å². The van der Waals surface area contributed by atoms with E-state index in [9.17, 15) is 5.11 Å². The van der Waals surface area contributed by atoms with E-state index in [-0.39, 0.29) is 0 Å². The quantitative estimate of drug-likeness (QED) is 0.606. The van der Waals surface area contributed by atoms with Gasteiger partial charge in [0.25, 0.3) is 0 Å². The summed E-state index contributed by atoms with van der Waals surface area (Å²) in [6, 6.07) is 0. The van der Waals surface area contributed by atoms with Gasteiger partial charge in [-0.3, -0.25) is 0 Å². The maximum Gasteiger partial charge on any atom is 0.226 e. The van der Waals surface area contributed by atoms with Crippen LogP contribution in [0.4, 0.5) is 11.8 Å². The fourth-order valence-corrected chi connectivity index (χ4v) is 1.44. The minimum atomic E-state index is -0.439. The molecular weight excluding hydrogens is 220 g/mol. The van der Waals surface area contributed by atoms with E-state index in [0.29, 0.717) is 24.0 Å². The Hall–Kier alpha value is -1.89. The Morgan fingerprint density at radius 2 is 2.24 bits per heavy atom. The number of nitrogens with zero attached hydrogens (tertiary/aromatic N) is 3. The van der Waals surface area contributed by atoms with E-state index in [1.165, 1.54) is 0 Å². The van der Waals surface area contributed by atoms with Crippen LogP contribution in [-0.2, 0) is 0 Å². The third-order valence-corrected chi connectivity index (χ3v) is 2.19. The summed E-state index contributed by atoms with van der Waals surface area (Å²) in [6.07, 6.45) is 1.13. The van der Waals surface area contributed by atoms with Crippen LogP contribution in [0.15, 0.2) is 6.33 Å². The van der Waals surface area contributed by atoms with E-state index in [1.807, 2.05) is 6.92 Å². The Morgan fingerprint density at radius 1 is 1.41 bits per heavy atom. The summed E-state index contributed by atoms with van der Waals surface area (Å²) in [7, 11) is 0. The summed E-state index contributed by atoms with van der Waals surface area (Å²) >= 11 is 0. The smallest absolute Gasteiger partial charge is 0.226 e. The summed E-state index contributed by atoms with van der Waals surface area (Å²) in [5, 5.41) is 15.4. The van der Waals surface area contributed by atoms with Crippen LogP contribution in [0, 0.1) is 0 Å². The Kier molecular flexibility index (Phi) is 3.38. The predicted molar refractivity (Wildman–Crippen MR) is 66.0 cm³/mol. The number of hydrogen-bond donors (Lipinski definition) is 4. The van der Waals surface area contributed by atoms with Crippen molar-refractivity contribution in [1.82, 2.24) is 19.9 Å². The van der Waals surface area contributed by atoms with Crippen LogP contribution < -0.4 is 10.6 Å². The highest BCUT2D eigenvalue weighted by atomic mass is 16.3. The topological polar surface area (TPSA) is 98.8 Å². The molecule has 17 heavy (non-hydrogen) atoms. The molecular formula is C10H16N6O. The van der Waals surface area contributed by atoms with Gasteiger partial charge in [0.1, 0.15) is 5.52 Å². The molecule has 0 aromatic carbocycles. The molecule has 0 saturated carbocycles. The molecule has 0 amide bonds. The van der Waals surface area contributed by atoms with Crippen molar-refractivity contribution in [3.8, 4) is 0 Å². The summed E-state index contributed by atoms with van der Waals surface area (Å²) in [4.78, 5) is 15.6. The van der Waals surface area contributed by atoms with Crippen molar-refractivity contribution in [3.05, 3.63) is 6.33 Å². The standard InChI is InChI=1S/C10H16N6O/c1-3-11-10-15-8(12-4-6(2)17)7-9(16-10)14-5-13-7/h5-6,17H,3-4H2,1-2H3,(H3,11,12,13,14,15,16). The van der Waals surface area contributed by atoms with Gasteiger partial charge in [0, 0.05) is 13.1 Å². The average molecular weight is 236 g/mol. The van der Waals surface area contributed by atoms with E-state index >= 15 is 0 Å². The SMILES string of the molecule is CCNc1nc(NCC(C)O)c2[nH]cnc2n1. The molecule has 2 rings (SSSR count). The fraction of sp³-hybridized carbons (Fsp3) is 0.500. The zero-order valence-electron chi connectivity index (χ0n) is 9.86. The lowest BCUT2D eigenvalue weighted by Crippen LogP contribution is -2.17. The van der Waals surface area contributed by atoms with Gasteiger partial charge in [-0.25, -0.2) is 4.98 Å². The lowest BCUT2D eigenvalue weighted by molar-refractivity contribution is 0.208. The Balaban J connectivity index is 2.32. The zero-order valence-corrected chi connectivity index (χ0v) is 9.86. The maximum absolute atomic E-state index is 9.26. The van der Waals surface area contributed by atoms with Crippen LogP contribution in [0.25, 0.3) is 11.2 Å². The molecule has 0 bridgehead atoms. The molecule has 0 spiro atoms. The van der Waals surface area contributed by atoms with Gasteiger partial charge in [-0.2, -0.15) is 9.97 Å². The molecule has 2 aromatic heterocycles. The monoisotopic (exact) mass is 236 g/mol. The van der Waals surface area contributed by atoms with Crippen LogP contribution >= 0.6 is 0 Å². The number of aliphatic hydroxyl groups excluding tert-OH is 1. The molecule has 2 heterocycles. The van der Waals surface area contributed by atoms with Gasteiger partial charge in [0.05, 0.1) is 12.4 Å². The number of nitrogens with one attached hydrogen (secondary N) is 3. The maximum atomic E-state index is 9.26. The molecule has 0 aliphatic rings. The van der Waals surface area contributed by atoms with Crippen molar-refractivity contribution in [2.45, 2.75) is 20.0 Å². The van der Waals surface area contributed by atoms with Gasteiger partial charge in [0.2, 0.25) is 5.95 Å². The molecule has 0 aliphatic carbocycles. The number of H-pyrrole nitrogens is 1. The highest BCUT2D eigenvalue weighted by Gasteiger charge is 2.09. The van der Waals surface area contributed by atoms with Crippen LogP contribution in [0.3, 0.4) is 0 Å². The molecule has 1 unspecified atom stereocenters. The number of aromatic amines is 1. The third kappa shape index (κ3) is 2.62. The molecule has 0 saturated heterocycles. The van der Waals surface area contributed by atoms with E-state index in [0.717, 1.165) is 12.1 Å². The van der Waals surface area contributed by atoms with E-state index in [2.05, 4.69) is 30.6 Å². The molecule has 4 N–H and O–H groups in total. The van der Waals surface area contributed by atoms with Gasteiger partial charge >= 0.3 is 0 Å². The molecule has 0 fully saturated rings. The largest absolute Gasteiger partial charge is 0.392 e. The Labute approximate surface area is 98.7 Å². The second-order valence-corrected chi connectivity index (χ2v) is 3.76. The van der Waals surface area contributed by atoms with Crippen molar-refractivity contribution in [3.63, 3.8) is 0 Å². The highest BCUT2D eigenvalue weighted by molar-refractivity contribution is 5.83. The first-order valence-corrected chi connectivity index (χ1v) is 5.57. The number of aliphatic hydroxyl groups is 1. The predicted octanol–water partition coefficient (Wildman–Crippen LogP) is 0.577. The molecule has 2 aromatic rings. The second-order valence-electron chi connectivity index (χ2n) is 3.76. The lowest BCUT2D eigenvalue weighted by Gasteiger charge is -2.09. The molecule has 0 radical (unpaired) electrons. The molecule has 92 valence electrons. The number of fused-ring (bicyclic) bond motifs is 1. The summed E-state index contributed by atoms with van der Waals surface area (Å²) < 4.78 is 0. The number of aromatic nitrogens is 4. The molecule has 0 aliphatic heterocycles. The first-order valence-electron chi connectivity index (χ1n) is 5.57. The van der Waals surface area contributed by atoms with Gasteiger partial charge in [0.15, 0.2) is 11.5 Å². The second kappa shape index (κ2) is 4.96. The normalized spacial score (nSPS) is 12.6. The minimum Gasteiger partial charge on any atom is -0.392 e. The van der Waals surface area contributed by atoms with Crippen molar-refractivity contribution >= 4 is 22.9 Å². The number of imidazole rings is 1. The van der Waals surface area contributed by atoms with Crippen LogP contribution in [0.2, 0.25) is 0 Å². The van der Waals surface area contributed by atoms with Gasteiger partial charge in [-0.1, -0.05) is 0 Å². The Morgan fingerprint density at radius 3 is 2.94 bits per heavy atom. The summed E-state index contributed by atoms with van der Waals surface area (Å²) in [6.45, 7) is 4.85. The Bertz CT molecular complexity index is 495. The number of anilines is 2. The third-order valence-electron chi connectivity index (χ3n) is 2.19. The number of hydrogen-bond acceptors (Lipinski definition) is 6. The summed E-state index contributed by atoms with van der Waals surface area (Å²) in [5.41, 5.74) is 1.34. The molecule has 7 nitrogen and oxygen atoms in total. The summed E-state index contributed by atoms with van der Waals surface area (Å²) in [5.74, 6) is 1.17. The van der Waals surface area contributed by atoms with Crippen molar-refractivity contribution in [1.29, 1.82) is 0 Å². The fourth-order valence-electron chi connectivity index (χ4n) is 1.44. The van der Waals surface area contributed by atoms with Crippen molar-refractivity contribution in [2.24, 2.45) is 0 Å². The number of rotatable bonds is 5. The van der Waals surface area contributed by atoms with Gasteiger partial charge in [-0.05, 0) is 13.8 Å². The highest BCUT2D eigenvalue weighted by Crippen LogP contribution is 2.18.